The molecule has 1 aliphatic carbocycles. The third kappa shape index (κ3) is 3.70. The van der Waals surface area contributed by atoms with Crippen molar-refractivity contribution < 1.29 is 5.21 Å². The van der Waals surface area contributed by atoms with E-state index in [0.29, 0.717) is 5.70 Å². The Bertz CT molecular complexity index is 346. The van der Waals surface area contributed by atoms with E-state index in [1.807, 2.05) is 5.48 Å². The Balaban J connectivity index is 0.000000221. The zero-order valence-electron chi connectivity index (χ0n) is 10.2. The largest absolute Gasteiger partial charge is 0.291 e. The average molecular weight is 219 g/mol. The summed E-state index contributed by atoms with van der Waals surface area (Å²) >= 11 is 0. The number of nitrogens with one attached hydrogen (secondary N) is 1. The van der Waals surface area contributed by atoms with Gasteiger partial charge >= 0.3 is 0 Å². The zero-order chi connectivity index (χ0) is 12.0. The van der Waals surface area contributed by atoms with Gasteiger partial charge in [0.1, 0.15) is 0 Å². The molecular formula is C14H21NO. The molecule has 0 aliphatic heterocycles. The molecule has 1 aromatic rings. The van der Waals surface area contributed by atoms with Crippen LogP contribution in [0.15, 0.2) is 36.5 Å². The first-order valence-corrected chi connectivity index (χ1v) is 5.78. The van der Waals surface area contributed by atoms with Gasteiger partial charge in [0.2, 0.25) is 0 Å². The van der Waals surface area contributed by atoms with Crippen LogP contribution >= 0.6 is 0 Å². The van der Waals surface area contributed by atoms with Gasteiger partial charge in [-0.2, -0.15) is 0 Å². The van der Waals surface area contributed by atoms with E-state index in [-0.39, 0.29) is 0 Å². The van der Waals surface area contributed by atoms with Crippen LogP contribution in [0.3, 0.4) is 0 Å². The number of benzene rings is 1. The lowest BCUT2D eigenvalue weighted by Gasteiger charge is -2.21. The number of rotatable bonds is 1. The molecule has 16 heavy (non-hydrogen) atoms. The number of hydroxylamine groups is 1. The third-order valence-corrected chi connectivity index (χ3v) is 2.86. The molecule has 0 bridgehead atoms. The highest BCUT2D eigenvalue weighted by molar-refractivity contribution is 5.31. The standard InChI is InChI=1S/C11H14.C3H7NO/c1-9-5-4-7-10-6-2-3-8-11(9)10;1-3(2)4-5/h2-3,6,8-9H,4-5,7H2,1H3;4-5H,1H2,2H3/t9-;/m0./s1. The van der Waals surface area contributed by atoms with Gasteiger partial charge in [-0.05, 0) is 43.2 Å². The number of aryl methyl sites for hydroxylation is 1. The van der Waals surface area contributed by atoms with Gasteiger partial charge in [-0.25, -0.2) is 0 Å². The van der Waals surface area contributed by atoms with Gasteiger partial charge in [0, 0.05) is 5.70 Å². The van der Waals surface area contributed by atoms with Crippen LogP contribution in [0.25, 0.3) is 0 Å². The van der Waals surface area contributed by atoms with Crippen LogP contribution in [0.1, 0.15) is 43.7 Å². The maximum atomic E-state index is 7.79. The summed E-state index contributed by atoms with van der Waals surface area (Å²) in [4.78, 5) is 0. The van der Waals surface area contributed by atoms with Crippen LogP contribution in [0, 0.1) is 0 Å². The molecule has 0 spiro atoms. The highest BCUT2D eigenvalue weighted by atomic mass is 16.5. The van der Waals surface area contributed by atoms with Crippen LogP contribution in [-0.4, -0.2) is 5.21 Å². The smallest absolute Gasteiger partial charge is 0.0273 e. The van der Waals surface area contributed by atoms with E-state index < -0.39 is 0 Å². The minimum Gasteiger partial charge on any atom is -0.291 e. The van der Waals surface area contributed by atoms with Crippen molar-refractivity contribution in [2.75, 3.05) is 0 Å². The molecule has 88 valence electrons. The van der Waals surface area contributed by atoms with Gasteiger partial charge in [0.15, 0.2) is 0 Å². The Hall–Kier alpha value is -1.28. The molecule has 1 aromatic carbocycles. The monoisotopic (exact) mass is 219 g/mol. The Kier molecular flexibility index (Phi) is 5.06. The molecule has 1 aliphatic rings. The van der Waals surface area contributed by atoms with Crippen molar-refractivity contribution in [1.82, 2.24) is 5.48 Å². The lowest BCUT2D eigenvalue weighted by atomic mass is 9.84. The Morgan fingerprint density at radius 2 is 2.06 bits per heavy atom. The van der Waals surface area contributed by atoms with E-state index in [9.17, 15) is 0 Å². The molecule has 2 heteroatoms. The van der Waals surface area contributed by atoms with E-state index in [1.54, 1.807) is 18.1 Å². The van der Waals surface area contributed by atoms with E-state index in [4.69, 9.17) is 5.21 Å². The van der Waals surface area contributed by atoms with Crippen molar-refractivity contribution in [3.8, 4) is 0 Å². The quantitative estimate of drug-likeness (QED) is 0.707. The summed E-state index contributed by atoms with van der Waals surface area (Å²) in [6.07, 6.45) is 4.04. The maximum absolute atomic E-state index is 7.79. The lowest BCUT2D eigenvalue weighted by molar-refractivity contribution is 0.201. The van der Waals surface area contributed by atoms with E-state index >= 15 is 0 Å². The van der Waals surface area contributed by atoms with Crippen molar-refractivity contribution in [3.05, 3.63) is 47.7 Å². The molecule has 1 atom stereocenters. The van der Waals surface area contributed by atoms with Gasteiger partial charge in [-0.15, -0.1) is 0 Å². The zero-order valence-corrected chi connectivity index (χ0v) is 10.2. The van der Waals surface area contributed by atoms with E-state index in [2.05, 4.69) is 37.8 Å². The molecule has 0 saturated carbocycles. The van der Waals surface area contributed by atoms with E-state index in [1.165, 1.54) is 19.3 Å². The van der Waals surface area contributed by atoms with Crippen LogP contribution in [0.5, 0.6) is 0 Å². The summed E-state index contributed by atoms with van der Waals surface area (Å²) in [5.41, 5.74) is 5.55. The highest BCUT2D eigenvalue weighted by Gasteiger charge is 2.14. The summed E-state index contributed by atoms with van der Waals surface area (Å²) in [5.74, 6) is 0.792. The second-order valence-electron chi connectivity index (χ2n) is 4.38. The number of hydrogen-bond donors (Lipinski definition) is 2. The minimum absolute atomic E-state index is 0.560. The number of fused-ring (bicyclic) bond motifs is 1. The number of allylic oxidation sites excluding steroid dienone is 1. The van der Waals surface area contributed by atoms with Crippen LogP contribution in [0.4, 0.5) is 0 Å². The molecule has 2 nitrogen and oxygen atoms in total. The molecule has 0 radical (unpaired) electrons. The molecule has 0 saturated heterocycles. The molecule has 0 aromatic heterocycles. The molecule has 0 amide bonds. The van der Waals surface area contributed by atoms with Gasteiger partial charge in [0.05, 0.1) is 0 Å². The summed E-state index contributed by atoms with van der Waals surface area (Å²) in [6.45, 7) is 7.31. The molecule has 2 N–H and O–H groups in total. The molecule has 0 unspecified atom stereocenters. The highest BCUT2D eigenvalue weighted by Crippen LogP contribution is 2.30. The summed E-state index contributed by atoms with van der Waals surface area (Å²) in [6, 6.07) is 8.85. The first-order valence-electron chi connectivity index (χ1n) is 5.78. The molecule has 2 rings (SSSR count). The first-order chi connectivity index (χ1) is 7.65. The predicted octanol–water partition coefficient (Wildman–Crippen LogP) is 3.63. The van der Waals surface area contributed by atoms with Crippen LogP contribution in [-0.2, 0) is 6.42 Å². The molecule has 0 heterocycles. The summed E-state index contributed by atoms with van der Waals surface area (Å²) in [5, 5.41) is 7.79. The fourth-order valence-electron chi connectivity index (χ4n) is 2.00. The molecular weight excluding hydrogens is 198 g/mol. The Labute approximate surface area is 98.0 Å². The number of hydrogen-bond acceptors (Lipinski definition) is 2. The van der Waals surface area contributed by atoms with Crippen molar-refractivity contribution >= 4 is 0 Å². The maximum Gasteiger partial charge on any atom is 0.0273 e. The van der Waals surface area contributed by atoms with Crippen LogP contribution < -0.4 is 5.48 Å². The van der Waals surface area contributed by atoms with Gasteiger partial charge in [-0.3, -0.25) is 10.7 Å². The van der Waals surface area contributed by atoms with Crippen molar-refractivity contribution in [3.63, 3.8) is 0 Å². The summed E-state index contributed by atoms with van der Waals surface area (Å²) < 4.78 is 0. The third-order valence-electron chi connectivity index (χ3n) is 2.86. The van der Waals surface area contributed by atoms with E-state index in [0.717, 1.165) is 5.92 Å². The first kappa shape index (κ1) is 12.8. The lowest BCUT2D eigenvalue weighted by Crippen LogP contribution is -2.05. The average Bonchev–Trinajstić information content (AvgIpc) is 2.30. The fraction of sp³-hybridized carbons (Fsp3) is 0.429. The predicted molar refractivity (Wildman–Crippen MR) is 67.5 cm³/mol. The fourth-order valence-corrected chi connectivity index (χ4v) is 2.00. The SMILES string of the molecule is C=C(C)NO.C[C@H]1CCCc2ccccc21. The second-order valence-corrected chi connectivity index (χ2v) is 4.38. The van der Waals surface area contributed by atoms with Gasteiger partial charge in [-0.1, -0.05) is 37.8 Å². The van der Waals surface area contributed by atoms with Crippen molar-refractivity contribution in [2.45, 2.75) is 39.0 Å². The molecule has 0 fully saturated rings. The van der Waals surface area contributed by atoms with Crippen LogP contribution in [0.2, 0.25) is 0 Å². The second kappa shape index (κ2) is 6.33. The van der Waals surface area contributed by atoms with Gasteiger partial charge in [0.25, 0.3) is 0 Å². The summed E-state index contributed by atoms with van der Waals surface area (Å²) in [7, 11) is 0. The van der Waals surface area contributed by atoms with Crippen molar-refractivity contribution in [1.29, 1.82) is 0 Å². The topological polar surface area (TPSA) is 32.3 Å². The Morgan fingerprint density at radius 3 is 2.62 bits per heavy atom. The minimum atomic E-state index is 0.560. The Morgan fingerprint density at radius 1 is 1.44 bits per heavy atom. The normalized spacial score (nSPS) is 17.8. The van der Waals surface area contributed by atoms with Gasteiger partial charge < -0.3 is 0 Å². The van der Waals surface area contributed by atoms with Crippen molar-refractivity contribution in [2.24, 2.45) is 0 Å².